The molecule has 0 aromatic heterocycles. The molecule has 0 radical (unpaired) electrons. The van der Waals surface area contributed by atoms with E-state index in [0.29, 0.717) is 32.3 Å². The fraction of sp³-hybridized carbons (Fsp3) is 0.661. The first-order chi connectivity index (χ1) is 31.8. The molecule has 8 nitrogen and oxygen atoms in total. The van der Waals surface area contributed by atoms with E-state index in [1.54, 1.807) is 0 Å². The first-order valence-electron chi connectivity index (χ1n) is 25.6. The third-order valence-electron chi connectivity index (χ3n) is 7.37. The lowest BCUT2D eigenvalue weighted by Gasteiger charge is -2.17. The SMILES string of the molecule is C=CCCC.C=CCOC(C)=O.CC.CC(=O)OCC(C)C.CC(=O)OCCCCC(C)C.CC(=O)OCc1ccccc1.CC(C)C[Si](C)(C)C.CCC.CCC(C)C.CCc1ccccc1. The van der Waals surface area contributed by atoms with Gasteiger partial charge in [0.25, 0.3) is 0 Å². The number of rotatable bonds is 17. The van der Waals surface area contributed by atoms with Crippen LogP contribution in [-0.4, -0.2) is 51.8 Å². The van der Waals surface area contributed by atoms with Crippen LogP contribution in [0.1, 0.15) is 188 Å². The summed E-state index contributed by atoms with van der Waals surface area (Å²) in [4.78, 5) is 40.8. The van der Waals surface area contributed by atoms with Gasteiger partial charge in [0.05, 0.1) is 13.2 Å². The number of carbonyl (C=O) groups excluding carboxylic acids is 4. The second kappa shape index (κ2) is 65.1. The highest BCUT2D eigenvalue weighted by molar-refractivity contribution is 6.76. The van der Waals surface area contributed by atoms with Crippen molar-refractivity contribution in [2.45, 2.75) is 215 Å². The minimum Gasteiger partial charge on any atom is -0.466 e. The summed E-state index contributed by atoms with van der Waals surface area (Å²) < 4.78 is 18.7. The van der Waals surface area contributed by atoms with Crippen molar-refractivity contribution in [2.24, 2.45) is 23.7 Å². The molecule has 0 bridgehead atoms. The van der Waals surface area contributed by atoms with Crippen LogP contribution in [0.2, 0.25) is 25.7 Å². The van der Waals surface area contributed by atoms with Crippen LogP contribution in [0.5, 0.6) is 0 Å². The molecule has 0 aliphatic rings. The van der Waals surface area contributed by atoms with Crippen LogP contribution in [0.3, 0.4) is 0 Å². The number of ether oxygens (including phenoxy) is 4. The molecule has 400 valence electrons. The Labute approximate surface area is 424 Å². The predicted molar refractivity (Wildman–Crippen MR) is 302 cm³/mol. The zero-order valence-electron chi connectivity index (χ0n) is 48.6. The highest BCUT2D eigenvalue weighted by Gasteiger charge is 2.13. The Bertz CT molecular complexity index is 1320. The summed E-state index contributed by atoms with van der Waals surface area (Å²) in [5.41, 5.74) is 2.43. The van der Waals surface area contributed by atoms with Crippen molar-refractivity contribution in [1.82, 2.24) is 0 Å². The molecule has 0 spiro atoms. The van der Waals surface area contributed by atoms with Crippen LogP contribution in [0.4, 0.5) is 0 Å². The van der Waals surface area contributed by atoms with Crippen molar-refractivity contribution in [2.75, 3.05) is 19.8 Å². The average molecular weight is 978 g/mol. The summed E-state index contributed by atoms with van der Waals surface area (Å²) >= 11 is 0. The summed E-state index contributed by atoms with van der Waals surface area (Å²) in [6, 6.07) is 21.5. The Kier molecular flexibility index (Phi) is 77.6. The molecule has 9 heteroatoms. The van der Waals surface area contributed by atoms with E-state index in [1.165, 1.54) is 71.1 Å². The Balaban J connectivity index is -0.000000101. The van der Waals surface area contributed by atoms with Crippen molar-refractivity contribution in [3.05, 3.63) is 97.1 Å². The number of hydrogen-bond donors (Lipinski definition) is 0. The number of unbranched alkanes of at least 4 members (excludes halogenated alkanes) is 2. The molecule has 0 heterocycles. The van der Waals surface area contributed by atoms with E-state index >= 15 is 0 Å². The summed E-state index contributed by atoms with van der Waals surface area (Å²) in [7, 11) is -0.720. The molecule has 2 rings (SSSR count). The normalized spacial score (nSPS) is 9.21. The van der Waals surface area contributed by atoms with E-state index in [2.05, 4.69) is 143 Å². The van der Waals surface area contributed by atoms with Gasteiger partial charge in [-0.15, -0.1) is 6.58 Å². The predicted octanol–water partition coefficient (Wildman–Crippen LogP) is 17.8. The monoisotopic (exact) mass is 977 g/mol. The number of esters is 4. The van der Waals surface area contributed by atoms with Crippen molar-refractivity contribution >= 4 is 32.0 Å². The van der Waals surface area contributed by atoms with Gasteiger partial charge in [-0.1, -0.05) is 235 Å². The average Bonchev–Trinajstić information content (AvgIpc) is 3.26. The van der Waals surface area contributed by atoms with Crippen molar-refractivity contribution < 1.29 is 38.1 Å². The smallest absolute Gasteiger partial charge is 0.302 e. The van der Waals surface area contributed by atoms with Crippen molar-refractivity contribution in [3.63, 3.8) is 0 Å². The number of aryl methyl sites for hydroxylation is 1. The molecule has 2 aromatic carbocycles. The van der Waals surface area contributed by atoms with Gasteiger partial charge in [-0.2, -0.15) is 0 Å². The van der Waals surface area contributed by atoms with Gasteiger partial charge in [0.1, 0.15) is 13.2 Å². The van der Waals surface area contributed by atoms with E-state index in [4.69, 9.17) is 9.47 Å². The van der Waals surface area contributed by atoms with E-state index in [-0.39, 0.29) is 23.9 Å². The van der Waals surface area contributed by atoms with Crippen LogP contribution < -0.4 is 0 Å². The highest BCUT2D eigenvalue weighted by atomic mass is 28.3. The van der Waals surface area contributed by atoms with Gasteiger partial charge in [-0.3, -0.25) is 19.2 Å². The molecule has 0 amide bonds. The van der Waals surface area contributed by atoms with Crippen molar-refractivity contribution in [3.8, 4) is 0 Å². The maximum Gasteiger partial charge on any atom is 0.302 e. The lowest BCUT2D eigenvalue weighted by molar-refractivity contribution is -0.143. The zero-order chi connectivity index (χ0) is 54.8. The van der Waals surface area contributed by atoms with Crippen LogP contribution in [0, 0.1) is 23.7 Å². The lowest BCUT2D eigenvalue weighted by atomic mass is 10.1. The molecule has 0 unspecified atom stereocenters. The topological polar surface area (TPSA) is 105 Å². The minimum absolute atomic E-state index is 0.172. The van der Waals surface area contributed by atoms with Gasteiger partial charge in [-0.05, 0) is 60.5 Å². The van der Waals surface area contributed by atoms with E-state index < -0.39 is 8.07 Å². The Morgan fingerprint density at radius 3 is 1.18 bits per heavy atom. The van der Waals surface area contributed by atoms with Gasteiger partial charge in [0.2, 0.25) is 0 Å². The summed E-state index contributed by atoms with van der Waals surface area (Å²) in [5.74, 6) is 2.12. The Morgan fingerprint density at radius 2 is 0.971 bits per heavy atom. The maximum atomic E-state index is 10.4. The number of hydrogen-bond acceptors (Lipinski definition) is 8. The van der Waals surface area contributed by atoms with E-state index in [1.807, 2.05) is 70.2 Å². The molecule has 0 N–H and O–H groups in total. The third-order valence-corrected chi connectivity index (χ3v) is 9.41. The van der Waals surface area contributed by atoms with Gasteiger partial charge in [0, 0.05) is 35.8 Å². The maximum absolute atomic E-state index is 10.4. The largest absolute Gasteiger partial charge is 0.466 e. The molecule has 0 saturated heterocycles. The third kappa shape index (κ3) is 114. The minimum atomic E-state index is -0.720. The molecular weight excluding hydrogens is 865 g/mol. The van der Waals surface area contributed by atoms with Crippen LogP contribution >= 0.6 is 0 Å². The summed E-state index contributed by atoms with van der Waals surface area (Å²) in [6.45, 7) is 53.8. The molecule has 0 aliphatic heterocycles. The van der Waals surface area contributed by atoms with E-state index in [0.717, 1.165) is 49.0 Å². The standard InChI is InChI=1S/C9H10O2.C9H18O2.C8H10.C7H18Si.C6H12O2.C5H8O2.C5H12.C5H10.C3H8.C2H6/c1-8(10)11-7-9-5-3-2-4-6-9;1-8(2)6-4-5-7-11-9(3)10;1-2-8-6-4-3-5-7-8;1-7(2)6-8(3,4)5;1-5(2)4-8-6(3)7;1-3-4-7-5(2)6;1-4-5(2)3;1-3-5-4-2;1-3-2;1-2/h2-6H,7H2,1H3;8H,4-7H2,1-3H3;3-7H,2H2,1H3;7H,6H2,1-5H3;5H,4H2,1-3H3;3H,1,4H2,2H3;5H,4H2,1-3H3;3H,1,4-5H2,2H3;3H2,1-2H3;1-2H3. The second-order valence-electron chi connectivity index (χ2n) is 18.4. The summed E-state index contributed by atoms with van der Waals surface area (Å²) in [6.07, 6.45) is 12.9. The van der Waals surface area contributed by atoms with Crippen LogP contribution in [0.15, 0.2) is 86.0 Å². The fourth-order valence-electron chi connectivity index (χ4n) is 4.23. The quantitative estimate of drug-likeness (QED) is 0.0507. The number of allylic oxidation sites excluding steroid dienone is 1. The molecule has 0 aliphatic carbocycles. The van der Waals surface area contributed by atoms with Gasteiger partial charge in [0.15, 0.2) is 0 Å². The van der Waals surface area contributed by atoms with Gasteiger partial charge in [-0.25, -0.2) is 0 Å². The zero-order valence-corrected chi connectivity index (χ0v) is 49.6. The highest BCUT2D eigenvalue weighted by Crippen LogP contribution is 2.14. The molecular formula is C59H112O8Si. The second-order valence-corrected chi connectivity index (χ2v) is 23.9. The number of benzene rings is 2. The van der Waals surface area contributed by atoms with Crippen molar-refractivity contribution in [1.29, 1.82) is 0 Å². The van der Waals surface area contributed by atoms with Crippen LogP contribution in [0.25, 0.3) is 0 Å². The summed E-state index contributed by atoms with van der Waals surface area (Å²) in [5, 5.41) is 0. The molecule has 68 heavy (non-hydrogen) atoms. The Hall–Kier alpha value is -3.98. The molecule has 0 atom stereocenters. The van der Waals surface area contributed by atoms with E-state index in [9.17, 15) is 19.2 Å². The number of carbonyl (C=O) groups is 4. The Morgan fingerprint density at radius 1 is 0.559 bits per heavy atom. The first kappa shape index (κ1) is 81.0. The molecule has 0 saturated carbocycles. The molecule has 0 fully saturated rings. The lowest BCUT2D eigenvalue weighted by Crippen LogP contribution is -2.21. The first-order valence-corrected chi connectivity index (χ1v) is 29.3. The fourth-order valence-corrected chi connectivity index (χ4v) is 6.68. The van der Waals surface area contributed by atoms with Gasteiger partial charge < -0.3 is 18.9 Å². The van der Waals surface area contributed by atoms with Crippen LogP contribution in [-0.2, 0) is 51.2 Å². The van der Waals surface area contributed by atoms with Gasteiger partial charge >= 0.3 is 23.9 Å². The molecule has 2 aromatic rings.